The standard InChI is InChI=1S/C23H24O3S/c1-23(2,3)20(16-15-18-11-7-5-8-12-18)22(24)21(27(4,25)26)17-19-13-9-6-10-14-19/h5-15,17H,1-4H3. The molecule has 2 aromatic rings. The Morgan fingerprint density at radius 2 is 1.37 bits per heavy atom. The van der Waals surface area contributed by atoms with Crippen LogP contribution in [0.3, 0.4) is 0 Å². The summed E-state index contributed by atoms with van der Waals surface area (Å²) < 4.78 is 24.7. The molecular formula is C23H24O3S. The number of carbonyl (C=O) groups excluding carboxylic acids is 1. The summed E-state index contributed by atoms with van der Waals surface area (Å²) >= 11 is 0. The number of rotatable bonds is 5. The largest absolute Gasteiger partial charge is 0.287 e. The van der Waals surface area contributed by atoms with E-state index in [1.807, 2.05) is 57.2 Å². The number of hydrogen-bond donors (Lipinski definition) is 0. The minimum Gasteiger partial charge on any atom is -0.287 e. The van der Waals surface area contributed by atoms with Crippen molar-refractivity contribution in [2.75, 3.05) is 6.26 Å². The Balaban J connectivity index is 2.62. The minimum atomic E-state index is -3.71. The SMILES string of the molecule is CC(C)(C)C(=C=Cc1ccccc1)C(=O)C(=Cc1ccccc1)S(C)(=O)=O. The highest BCUT2D eigenvalue weighted by Gasteiger charge is 2.30. The Morgan fingerprint density at radius 3 is 1.81 bits per heavy atom. The summed E-state index contributed by atoms with van der Waals surface area (Å²) in [6, 6.07) is 18.4. The van der Waals surface area contributed by atoms with Gasteiger partial charge in [0, 0.05) is 11.8 Å². The number of sulfone groups is 1. The maximum atomic E-state index is 13.2. The Morgan fingerprint density at radius 1 is 0.889 bits per heavy atom. The molecule has 0 heterocycles. The van der Waals surface area contributed by atoms with Gasteiger partial charge in [-0.2, -0.15) is 0 Å². The van der Waals surface area contributed by atoms with Crippen LogP contribution in [0.15, 0.2) is 76.9 Å². The summed E-state index contributed by atoms with van der Waals surface area (Å²) in [5.74, 6) is -0.527. The fourth-order valence-corrected chi connectivity index (χ4v) is 3.28. The monoisotopic (exact) mass is 380 g/mol. The molecule has 0 saturated carbocycles. The van der Waals surface area contributed by atoms with Gasteiger partial charge in [-0.3, -0.25) is 4.79 Å². The van der Waals surface area contributed by atoms with Crippen molar-refractivity contribution >= 4 is 27.8 Å². The Labute approximate surface area is 161 Å². The van der Waals surface area contributed by atoms with E-state index in [1.165, 1.54) is 6.08 Å². The molecule has 0 N–H and O–H groups in total. The normalized spacial score (nSPS) is 12.2. The van der Waals surface area contributed by atoms with Crippen LogP contribution in [0.4, 0.5) is 0 Å². The highest BCUT2D eigenvalue weighted by atomic mass is 32.2. The average molecular weight is 381 g/mol. The van der Waals surface area contributed by atoms with Crippen LogP contribution in [0.2, 0.25) is 0 Å². The van der Waals surface area contributed by atoms with Crippen LogP contribution in [-0.2, 0) is 14.6 Å². The van der Waals surface area contributed by atoms with Crippen molar-refractivity contribution in [3.63, 3.8) is 0 Å². The molecule has 0 aliphatic rings. The van der Waals surface area contributed by atoms with Gasteiger partial charge >= 0.3 is 0 Å². The highest BCUT2D eigenvalue weighted by Crippen LogP contribution is 2.29. The van der Waals surface area contributed by atoms with Crippen molar-refractivity contribution in [1.29, 1.82) is 0 Å². The lowest BCUT2D eigenvalue weighted by atomic mass is 9.84. The fourth-order valence-electron chi connectivity index (χ4n) is 2.49. The maximum Gasteiger partial charge on any atom is 0.208 e. The van der Waals surface area contributed by atoms with Gasteiger partial charge in [-0.05, 0) is 28.7 Å². The predicted octanol–water partition coefficient (Wildman–Crippen LogP) is 4.93. The van der Waals surface area contributed by atoms with Crippen molar-refractivity contribution in [2.24, 2.45) is 5.41 Å². The molecule has 2 aromatic carbocycles. The molecular weight excluding hydrogens is 356 g/mol. The number of ketones is 1. The van der Waals surface area contributed by atoms with E-state index in [-0.39, 0.29) is 4.91 Å². The lowest BCUT2D eigenvalue weighted by molar-refractivity contribution is -0.112. The summed E-state index contributed by atoms with van der Waals surface area (Å²) in [5, 5.41) is 0. The zero-order valence-electron chi connectivity index (χ0n) is 16.1. The third-order valence-electron chi connectivity index (χ3n) is 3.88. The molecule has 0 fully saturated rings. The van der Waals surface area contributed by atoms with Crippen molar-refractivity contribution in [3.8, 4) is 0 Å². The average Bonchev–Trinajstić information content (AvgIpc) is 2.59. The van der Waals surface area contributed by atoms with E-state index in [2.05, 4.69) is 5.73 Å². The predicted molar refractivity (Wildman–Crippen MR) is 112 cm³/mol. The van der Waals surface area contributed by atoms with Crippen LogP contribution in [0.25, 0.3) is 12.2 Å². The van der Waals surface area contributed by atoms with Crippen LogP contribution in [0, 0.1) is 5.41 Å². The molecule has 0 radical (unpaired) electrons. The van der Waals surface area contributed by atoms with Crippen molar-refractivity contribution in [2.45, 2.75) is 20.8 Å². The number of carbonyl (C=O) groups is 1. The quantitative estimate of drug-likeness (QED) is 0.546. The Kier molecular flexibility index (Phi) is 6.37. The third kappa shape index (κ3) is 5.92. The van der Waals surface area contributed by atoms with Gasteiger partial charge in [0.1, 0.15) is 4.91 Å². The zero-order chi connectivity index (χ0) is 20.1. The van der Waals surface area contributed by atoms with Gasteiger partial charge in [-0.1, -0.05) is 81.4 Å². The maximum absolute atomic E-state index is 13.2. The fraction of sp³-hybridized carbons (Fsp3) is 0.217. The lowest BCUT2D eigenvalue weighted by Gasteiger charge is -2.20. The number of allylic oxidation sites excluding steroid dienone is 2. The van der Waals surface area contributed by atoms with Crippen LogP contribution < -0.4 is 0 Å². The van der Waals surface area contributed by atoms with Gasteiger partial charge in [0.25, 0.3) is 0 Å². The van der Waals surface area contributed by atoms with Gasteiger partial charge in [0.2, 0.25) is 5.78 Å². The second kappa shape index (κ2) is 8.34. The van der Waals surface area contributed by atoms with Crippen molar-refractivity contribution < 1.29 is 13.2 Å². The molecule has 140 valence electrons. The molecule has 0 aliphatic carbocycles. The Hall–Kier alpha value is -2.68. The molecule has 0 unspecified atom stereocenters. The van der Waals surface area contributed by atoms with E-state index in [4.69, 9.17) is 0 Å². The van der Waals surface area contributed by atoms with E-state index in [1.54, 1.807) is 30.3 Å². The second-order valence-corrected chi connectivity index (χ2v) is 9.33. The molecule has 0 amide bonds. The van der Waals surface area contributed by atoms with Crippen LogP contribution >= 0.6 is 0 Å². The first-order valence-corrected chi connectivity index (χ1v) is 10.5. The summed E-state index contributed by atoms with van der Waals surface area (Å²) in [7, 11) is -3.71. The van der Waals surface area contributed by atoms with E-state index >= 15 is 0 Å². The molecule has 0 bridgehead atoms. The Bertz CT molecular complexity index is 1000. The summed E-state index contributed by atoms with van der Waals surface area (Å²) in [5.41, 5.74) is 4.35. The van der Waals surface area contributed by atoms with E-state index in [0.29, 0.717) is 11.1 Å². The molecule has 0 atom stereocenters. The topological polar surface area (TPSA) is 51.2 Å². The molecule has 2 rings (SSSR count). The smallest absolute Gasteiger partial charge is 0.208 e. The van der Waals surface area contributed by atoms with E-state index in [9.17, 15) is 13.2 Å². The van der Waals surface area contributed by atoms with Crippen LogP contribution in [0.5, 0.6) is 0 Å². The lowest BCUT2D eigenvalue weighted by Crippen LogP contribution is -2.22. The molecule has 3 nitrogen and oxygen atoms in total. The van der Waals surface area contributed by atoms with Gasteiger partial charge < -0.3 is 0 Å². The van der Waals surface area contributed by atoms with Crippen molar-refractivity contribution in [3.05, 3.63) is 88.0 Å². The third-order valence-corrected chi connectivity index (χ3v) is 4.98. The first-order chi connectivity index (χ1) is 12.6. The van der Waals surface area contributed by atoms with Gasteiger partial charge in [-0.25, -0.2) is 8.42 Å². The molecule has 27 heavy (non-hydrogen) atoms. The first kappa shape index (κ1) is 20.6. The van der Waals surface area contributed by atoms with Gasteiger partial charge in [-0.15, -0.1) is 5.73 Å². The van der Waals surface area contributed by atoms with E-state index < -0.39 is 21.0 Å². The summed E-state index contributed by atoms with van der Waals surface area (Å²) in [6.07, 6.45) is 4.19. The summed E-state index contributed by atoms with van der Waals surface area (Å²) in [6.45, 7) is 5.61. The van der Waals surface area contributed by atoms with Crippen LogP contribution in [0.1, 0.15) is 31.9 Å². The number of hydrogen-bond acceptors (Lipinski definition) is 3. The number of benzene rings is 2. The van der Waals surface area contributed by atoms with Gasteiger partial charge in [0.05, 0.1) is 0 Å². The molecule has 0 aromatic heterocycles. The molecule has 0 saturated heterocycles. The van der Waals surface area contributed by atoms with Crippen LogP contribution in [-0.4, -0.2) is 20.5 Å². The van der Waals surface area contributed by atoms with Crippen molar-refractivity contribution in [1.82, 2.24) is 0 Å². The first-order valence-electron chi connectivity index (χ1n) is 8.63. The highest BCUT2D eigenvalue weighted by molar-refractivity contribution is 7.95. The molecule has 0 spiro atoms. The minimum absolute atomic E-state index is 0.229. The molecule has 4 heteroatoms. The zero-order valence-corrected chi connectivity index (χ0v) is 16.9. The van der Waals surface area contributed by atoms with E-state index in [0.717, 1.165) is 11.8 Å². The molecule has 0 aliphatic heterocycles. The second-order valence-electron chi connectivity index (χ2n) is 7.34. The summed E-state index contributed by atoms with van der Waals surface area (Å²) in [4.78, 5) is 13.0. The van der Waals surface area contributed by atoms with Gasteiger partial charge in [0.15, 0.2) is 9.84 Å². The number of Topliss-reactive ketones (excluding diaryl/α,β-unsaturated/α-hetero) is 1.